The maximum Gasteiger partial charge on any atom is 0.0557 e. The van der Waals surface area contributed by atoms with E-state index < -0.39 is 0 Å². The normalized spacial score (nSPS) is 16.6. The van der Waals surface area contributed by atoms with Crippen LogP contribution < -0.4 is 0 Å². The molecule has 0 amide bonds. The smallest absolute Gasteiger partial charge is 0.0557 e. The molecule has 0 saturated heterocycles. The molecule has 1 saturated carbocycles. The average Bonchev–Trinajstić information content (AvgIpc) is 2.81. The highest BCUT2D eigenvalue weighted by atomic mass is 127. The van der Waals surface area contributed by atoms with E-state index in [4.69, 9.17) is 23.2 Å². The van der Waals surface area contributed by atoms with Crippen LogP contribution in [0.4, 0.5) is 0 Å². The highest BCUT2D eigenvalue weighted by Gasteiger charge is 2.24. The first kappa shape index (κ1) is 9.10. The van der Waals surface area contributed by atoms with Gasteiger partial charge in [-0.3, -0.25) is 0 Å². The molecule has 0 heterocycles. The molecule has 0 nitrogen and oxygen atoms in total. The maximum absolute atomic E-state index is 6.00. The van der Waals surface area contributed by atoms with Crippen LogP contribution in [0.1, 0.15) is 24.3 Å². The third-order valence-electron chi connectivity index (χ3n) is 2.05. The molecular weight excluding hydrogens is 306 g/mol. The Bertz CT molecular complexity index is 295. The molecular formula is C9H7Cl2I. The average molecular weight is 313 g/mol. The van der Waals surface area contributed by atoms with Crippen LogP contribution in [-0.2, 0) is 0 Å². The zero-order chi connectivity index (χ0) is 8.72. The standard InChI is InChI=1S/C9H7Cl2I/c10-7-3-6(5-1-2-5)4-8(11)9(7)12/h3-5H,1-2H2. The van der Waals surface area contributed by atoms with Crippen molar-refractivity contribution in [1.29, 1.82) is 0 Å². The van der Waals surface area contributed by atoms with Gasteiger partial charge in [0.2, 0.25) is 0 Å². The summed E-state index contributed by atoms with van der Waals surface area (Å²) in [4.78, 5) is 0. The van der Waals surface area contributed by atoms with Gasteiger partial charge in [0.15, 0.2) is 0 Å². The van der Waals surface area contributed by atoms with E-state index in [-0.39, 0.29) is 0 Å². The fourth-order valence-electron chi connectivity index (χ4n) is 1.23. The highest BCUT2D eigenvalue weighted by molar-refractivity contribution is 14.1. The van der Waals surface area contributed by atoms with E-state index in [2.05, 4.69) is 22.6 Å². The van der Waals surface area contributed by atoms with Gasteiger partial charge in [-0.25, -0.2) is 0 Å². The zero-order valence-corrected chi connectivity index (χ0v) is 9.95. The molecule has 3 heteroatoms. The van der Waals surface area contributed by atoms with E-state index in [1.54, 1.807) is 0 Å². The van der Waals surface area contributed by atoms with E-state index in [1.807, 2.05) is 12.1 Å². The summed E-state index contributed by atoms with van der Waals surface area (Å²) in [6.07, 6.45) is 2.57. The van der Waals surface area contributed by atoms with Crippen molar-refractivity contribution >= 4 is 45.8 Å². The number of rotatable bonds is 1. The van der Waals surface area contributed by atoms with Gasteiger partial charge in [-0.1, -0.05) is 23.2 Å². The Morgan fingerprint density at radius 2 is 1.67 bits per heavy atom. The lowest BCUT2D eigenvalue weighted by molar-refractivity contribution is 1.13. The van der Waals surface area contributed by atoms with Crippen molar-refractivity contribution < 1.29 is 0 Å². The molecule has 0 atom stereocenters. The molecule has 0 spiro atoms. The Morgan fingerprint density at radius 3 is 2.08 bits per heavy atom. The molecule has 0 unspecified atom stereocenters. The van der Waals surface area contributed by atoms with Crippen molar-refractivity contribution in [3.8, 4) is 0 Å². The highest BCUT2D eigenvalue weighted by Crippen LogP contribution is 2.42. The molecule has 0 aliphatic heterocycles. The van der Waals surface area contributed by atoms with E-state index in [1.165, 1.54) is 18.4 Å². The molecule has 0 bridgehead atoms. The first-order valence-electron chi connectivity index (χ1n) is 3.83. The van der Waals surface area contributed by atoms with Crippen LogP contribution in [0.3, 0.4) is 0 Å². The van der Waals surface area contributed by atoms with Gasteiger partial charge in [-0.05, 0) is 59.0 Å². The lowest BCUT2D eigenvalue weighted by Crippen LogP contribution is -1.83. The second-order valence-corrected chi connectivity index (χ2v) is 4.97. The van der Waals surface area contributed by atoms with Crippen molar-refractivity contribution in [3.63, 3.8) is 0 Å². The van der Waals surface area contributed by atoms with Crippen molar-refractivity contribution in [3.05, 3.63) is 31.3 Å². The van der Waals surface area contributed by atoms with Crippen LogP contribution in [0, 0.1) is 3.57 Å². The molecule has 1 aromatic rings. The summed E-state index contributed by atoms with van der Waals surface area (Å²) >= 11 is 14.2. The van der Waals surface area contributed by atoms with Gasteiger partial charge in [0.05, 0.1) is 13.6 Å². The fourth-order valence-corrected chi connectivity index (χ4v) is 2.04. The summed E-state index contributed by atoms with van der Waals surface area (Å²) < 4.78 is 0.959. The monoisotopic (exact) mass is 312 g/mol. The molecule has 64 valence electrons. The minimum atomic E-state index is 0.719. The second kappa shape index (κ2) is 3.35. The molecule has 1 aliphatic carbocycles. The summed E-state index contributed by atoms with van der Waals surface area (Å²) in [5, 5.41) is 1.56. The van der Waals surface area contributed by atoms with Gasteiger partial charge in [-0.2, -0.15) is 0 Å². The van der Waals surface area contributed by atoms with Crippen LogP contribution in [-0.4, -0.2) is 0 Å². The molecule has 1 fully saturated rings. The minimum Gasteiger partial charge on any atom is -0.0831 e. The predicted molar refractivity (Wildman–Crippen MR) is 61.2 cm³/mol. The van der Waals surface area contributed by atoms with Crippen LogP contribution in [0.2, 0.25) is 10.0 Å². The van der Waals surface area contributed by atoms with Crippen molar-refractivity contribution in [1.82, 2.24) is 0 Å². The maximum atomic E-state index is 6.00. The van der Waals surface area contributed by atoms with Gasteiger partial charge in [0.25, 0.3) is 0 Å². The Labute approximate surface area is 95.4 Å². The van der Waals surface area contributed by atoms with Crippen LogP contribution in [0.25, 0.3) is 0 Å². The fraction of sp³-hybridized carbons (Fsp3) is 0.333. The van der Waals surface area contributed by atoms with E-state index >= 15 is 0 Å². The topological polar surface area (TPSA) is 0 Å². The molecule has 0 aromatic heterocycles. The molecule has 2 rings (SSSR count). The van der Waals surface area contributed by atoms with Gasteiger partial charge >= 0.3 is 0 Å². The molecule has 0 radical (unpaired) electrons. The van der Waals surface area contributed by atoms with E-state index in [9.17, 15) is 0 Å². The Balaban J connectivity index is 2.45. The summed E-state index contributed by atoms with van der Waals surface area (Å²) in [7, 11) is 0. The lowest BCUT2D eigenvalue weighted by Gasteiger charge is -2.03. The van der Waals surface area contributed by atoms with E-state index in [0.717, 1.165) is 19.5 Å². The SMILES string of the molecule is Clc1cc(C2CC2)cc(Cl)c1I. The van der Waals surface area contributed by atoms with E-state index in [0.29, 0.717) is 0 Å². The third kappa shape index (κ3) is 1.73. The van der Waals surface area contributed by atoms with Crippen molar-refractivity contribution in [2.75, 3.05) is 0 Å². The number of halogens is 3. The number of hydrogen-bond acceptors (Lipinski definition) is 0. The Morgan fingerprint density at radius 1 is 1.17 bits per heavy atom. The first-order chi connectivity index (χ1) is 5.68. The van der Waals surface area contributed by atoms with Gasteiger partial charge in [0, 0.05) is 0 Å². The number of benzene rings is 1. The molecule has 1 aliphatic rings. The molecule has 12 heavy (non-hydrogen) atoms. The largest absolute Gasteiger partial charge is 0.0831 e. The molecule has 1 aromatic carbocycles. The Hall–Kier alpha value is 0.530. The summed E-state index contributed by atoms with van der Waals surface area (Å²) in [6, 6.07) is 4.07. The summed E-state index contributed by atoms with van der Waals surface area (Å²) in [6.45, 7) is 0. The lowest BCUT2D eigenvalue weighted by atomic mass is 10.1. The second-order valence-electron chi connectivity index (χ2n) is 3.07. The van der Waals surface area contributed by atoms with Gasteiger partial charge in [-0.15, -0.1) is 0 Å². The first-order valence-corrected chi connectivity index (χ1v) is 5.66. The zero-order valence-electron chi connectivity index (χ0n) is 6.28. The molecule has 0 N–H and O–H groups in total. The van der Waals surface area contributed by atoms with Crippen LogP contribution in [0.5, 0.6) is 0 Å². The van der Waals surface area contributed by atoms with Gasteiger partial charge < -0.3 is 0 Å². The van der Waals surface area contributed by atoms with Crippen molar-refractivity contribution in [2.45, 2.75) is 18.8 Å². The Kier molecular flexibility index (Phi) is 2.54. The minimum absolute atomic E-state index is 0.719. The third-order valence-corrected chi connectivity index (χ3v) is 4.45. The van der Waals surface area contributed by atoms with Crippen LogP contribution >= 0.6 is 45.8 Å². The summed E-state index contributed by atoms with van der Waals surface area (Å²) in [5.74, 6) is 0.719. The quantitative estimate of drug-likeness (QED) is 0.530. The van der Waals surface area contributed by atoms with Gasteiger partial charge in [0.1, 0.15) is 0 Å². The predicted octanol–water partition coefficient (Wildman–Crippen LogP) is 4.48. The van der Waals surface area contributed by atoms with Crippen molar-refractivity contribution in [2.24, 2.45) is 0 Å². The summed E-state index contributed by atoms with van der Waals surface area (Å²) in [5.41, 5.74) is 1.30. The van der Waals surface area contributed by atoms with Crippen LogP contribution in [0.15, 0.2) is 12.1 Å². The number of hydrogen-bond donors (Lipinski definition) is 0.